The van der Waals surface area contributed by atoms with E-state index >= 15 is 0 Å². The second kappa shape index (κ2) is 5.80. The minimum absolute atomic E-state index is 0.111. The molecule has 1 amide bonds. The highest BCUT2D eigenvalue weighted by atomic mass is 16.3. The predicted molar refractivity (Wildman–Crippen MR) is 73.6 cm³/mol. The van der Waals surface area contributed by atoms with Crippen LogP contribution in [0.5, 0.6) is 0 Å². The SMILES string of the molecule is O=C(CN1C[C@H]2C[C@@H](O)[C@H]2C1)NCC1CCCCC1. The molecular weight excluding hydrogens is 240 g/mol. The lowest BCUT2D eigenvalue weighted by molar-refractivity contribution is -0.122. The molecule has 1 saturated heterocycles. The molecule has 0 spiro atoms. The highest BCUT2D eigenvalue weighted by molar-refractivity contribution is 5.78. The Morgan fingerprint density at radius 1 is 1.21 bits per heavy atom. The van der Waals surface area contributed by atoms with Crippen molar-refractivity contribution >= 4 is 5.91 Å². The van der Waals surface area contributed by atoms with E-state index in [2.05, 4.69) is 10.2 Å². The number of likely N-dealkylation sites (tertiary alicyclic amines) is 1. The Labute approximate surface area is 115 Å². The average molecular weight is 266 g/mol. The summed E-state index contributed by atoms with van der Waals surface area (Å²) in [5, 5.41) is 12.7. The molecule has 2 aliphatic carbocycles. The molecule has 1 aliphatic heterocycles. The van der Waals surface area contributed by atoms with Crippen LogP contribution in [0.15, 0.2) is 0 Å². The first-order valence-electron chi connectivity index (χ1n) is 7.89. The summed E-state index contributed by atoms with van der Waals surface area (Å²) in [5.74, 6) is 1.95. The molecule has 3 aliphatic rings. The molecule has 4 nitrogen and oxygen atoms in total. The van der Waals surface area contributed by atoms with Crippen LogP contribution in [0.2, 0.25) is 0 Å². The van der Waals surface area contributed by atoms with Gasteiger partial charge in [-0.3, -0.25) is 9.69 Å². The smallest absolute Gasteiger partial charge is 0.234 e. The number of fused-ring (bicyclic) bond motifs is 1. The van der Waals surface area contributed by atoms with Crippen molar-refractivity contribution in [2.24, 2.45) is 17.8 Å². The van der Waals surface area contributed by atoms with E-state index in [0.717, 1.165) is 26.1 Å². The molecule has 3 rings (SSSR count). The number of nitrogens with one attached hydrogen (secondary N) is 1. The Hall–Kier alpha value is -0.610. The van der Waals surface area contributed by atoms with Crippen LogP contribution in [0, 0.1) is 17.8 Å². The summed E-state index contributed by atoms with van der Waals surface area (Å²) < 4.78 is 0. The molecule has 0 aromatic heterocycles. The third-order valence-electron chi connectivity index (χ3n) is 5.29. The summed E-state index contributed by atoms with van der Waals surface area (Å²) in [4.78, 5) is 14.2. The molecule has 1 heterocycles. The number of amides is 1. The van der Waals surface area contributed by atoms with Gasteiger partial charge in [-0.25, -0.2) is 0 Å². The van der Waals surface area contributed by atoms with Gasteiger partial charge in [-0.05, 0) is 31.1 Å². The van der Waals surface area contributed by atoms with E-state index in [1.807, 2.05) is 0 Å². The fourth-order valence-corrected chi connectivity index (χ4v) is 4.00. The normalized spacial score (nSPS) is 35.7. The lowest BCUT2D eigenvalue weighted by atomic mass is 9.74. The minimum Gasteiger partial charge on any atom is -0.393 e. The summed E-state index contributed by atoms with van der Waals surface area (Å²) in [6.45, 7) is 3.29. The minimum atomic E-state index is -0.111. The van der Waals surface area contributed by atoms with Gasteiger partial charge in [0.05, 0.1) is 12.6 Å². The highest BCUT2D eigenvalue weighted by Gasteiger charge is 2.46. The number of hydrogen-bond acceptors (Lipinski definition) is 3. The maximum absolute atomic E-state index is 11.9. The van der Waals surface area contributed by atoms with Crippen molar-refractivity contribution in [1.29, 1.82) is 0 Å². The van der Waals surface area contributed by atoms with E-state index in [-0.39, 0.29) is 12.0 Å². The Morgan fingerprint density at radius 2 is 2.00 bits per heavy atom. The van der Waals surface area contributed by atoms with Gasteiger partial charge >= 0.3 is 0 Å². The van der Waals surface area contributed by atoms with Crippen LogP contribution in [0.3, 0.4) is 0 Å². The maximum atomic E-state index is 11.9. The van der Waals surface area contributed by atoms with Gasteiger partial charge in [0.1, 0.15) is 0 Å². The fraction of sp³-hybridized carbons (Fsp3) is 0.933. The second-order valence-corrected chi connectivity index (χ2v) is 6.73. The number of carbonyl (C=O) groups excluding carboxylic acids is 1. The second-order valence-electron chi connectivity index (χ2n) is 6.73. The van der Waals surface area contributed by atoms with Crippen molar-refractivity contribution < 1.29 is 9.90 Å². The maximum Gasteiger partial charge on any atom is 0.234 e. The Kier molecular flexibility index (Phi) is 4.08. The van der Waals surface area contributed by atoms with Gasteiger partial charge in [0.15, 0.2) is 0 Å². The number of aliphatic hydroxyl groups excluding tert-OH is 1. The predicted octanol–water partition coefficient (Wildman–Crippen LogP) is 0.995. The van der Waals surface area contributed by atoms with Crippen molar-refractivity contribution in [3.63, 3.8) is 0 Å². The van der Waals surface area contributed by atoms with Crippen molar-refractivity contribution in [1.82, 2.24) is 10.2 Å². The zero-order chi connectivity index (χ0) is 13.2. The lowest BCUT2D eigenvalue weighted by Crippen LogP contribution is -2.40. The number of rotatable bonds is 4. The largest absolute Gasteiger partial charge is 0.393 e. The molecule has 3 fully saturated rings. The molecule has 0 radical (unpaired) electrons. The first-order chi connectivity index (χ1) is 9.22. The van der Waals surface area contributed by atoms with Crippen LogP contribution in [-0.2, 0) is 4.79 Å². The van der Waals surface area contributed by atoms with Crippen molar-refractivity contribution in [2.75, 3.05) is 26.2 Å². The first kappa shape index (κ1) is 13.4. The molecule has 2 N–H and O–H groups in total. The standard InChI is InChI=1S/C15H26N2O2/c18-14-6-12-8-17(9-13(12)14)10-15(19)16-7-11-4-2-1-3-5-11/h11-14,18H,1-10H2,(H,16,19)/t12-,13+,14-/m1/s1. The monoisotopic (exact) mass is 266 g/mol. The highest BCUT2D eigenvalue weighted by Crippen LogP contribution is 2.40. The van der Waals surface area contributed by atoms with Crippen LogP contribution in [0.4, 0.5) is 0 Å². The molecule has 0 unspecified atom stereocenters. The van der Waals surface area contributed by atoms with E-state index in [9.17, 15) is 9.90 Å². The Balaban J connectivity index is 1.35. The zero-order valence-corrected chi connectivity index (χ0v) is 11.7. The first-order valence-corrected chi connectivity index (χ1v) is 7.89. The summed E-state index contributed by atoms with van der Waals surface area (Å²) in [6, 6.07) is 0. The summed E-state index contributed by atoms with van der Waals surface area (Å²) >= 11 is 0. The van der Waals surface area contributed by atoms with E-state index in [0.29, 0.717) is 24.3 Å². The quantitative estimate of drug-likeness (QED) is 0.798. The third kappa shape index (κ3) is 3.11. The van der Waals surface area contributed by atoms with Crippen molar-refractivity contribution in [2.45, 2.75) is 44.6 Å². The van der Waals surface area contributed by atoms with Crippen LogP contribution in [0.1, 0.15) is 38.5 Å². The van der Waals surface area contributed by atoms with Gasteiger partial charge in [0.2, 0.25) is 5.91 Å². The van der Waals surface area contributed by atoms with Gasteiger partial charge in [0, 0.05) is 25.6 Å². The van der Waals surface area contributed by atoms with Gasteiger partial charge in [-0.15, -0.1) is 0 Å². The van der Waals surface area contributed by atoms with Gasteiger partial charge < -0.3 is 10.4 Å². The van der Waals surface area contributed by atoms with E-state index < -0.39 is 0 Å². The Morgan fingerprint density at radius 3 is 2.68 bits per heavy atom. The molecular formula is C15H26N2O2. The Bertz CT molecular complexity index is 328. The summed E-state index contributed by atoms with van der Waals surface area (Å²) in [7, 11) is 0. The molecule has 4 heteroatoms. The lowest BCUT2D eigenvalue weighted by Gasteiger charge is -2.35. The van der Waals surface area contributed by atoms with Crippen LogP contribution in [0.25, 0.3) is 0 Å². The molecule has 3 atom stereocenters. The van der Waals surface area contributed by atoms with Gasteiger partial charge in [0.25, 0.3) is 0 Å². The fourth-order valence-electron chi connectivity index (χ4n) is 4.00. The number of aliphatic hydroxyl groups is 1. The van der Waals surface area contributed by atoms with E-state index in [1.165, 1.54) is 32.1 Å². The topological polar surface area (TPSA) is 52.6 Å². The van der Waals surface area contributed by atoms with Crippen LogP contribution >= 0.6 is 0 Å². The van der Waals surface area contributed by atoms with Crippen LogP contribution in [-0.4, -0.2) is 48.2 Å². The van der Waals surface area contributed by atoms with E-state index in [1.54, 1.807) is 0 Å². The zero-order valence-electron chi connectivity index (χ0n) is 11.7. The molecule has 19 heavy (non-hydrogen) atoms. The molecule has 108 valence electrons. The van der Waals surface area contributed by atoms with Crippen molar-refractivity contribution in [3.8, 4) is 0 Å². The molecule has 0 aromatic carbocycles. The molecule has 0 bridgehead atoms. The summed E-state index contributed by atoms with van der Waals surface area (Å²) in [6.07, 6.45) is 7.40. The molecule has 0 aromatic rings. The van der Waals surface area contributed by atoms with Crippen LogP contribution < -0.4 is 5.32 Å². The average Bonchev–Trinajstić information content (AvgIpc) is 2.74. The van der Waals surface area contributed by atoms with E-state index in [4.69, 9.17) is 0 Å². The number of carbonyl (C=O) groups is 1. The number of nitrogens with zero attached hydrogens (tertiary/aromatic N) is 1. The number of hydrogen-bond donors (Lipinski definition) is 2. The van der Waals surface area contributed by atoms with Crippen molar-refractivity contribution in [3.05, 3.63) is 0 Å². The van der Waals surface area contributed by atoms with Gasteiger partial charge in [-0.2, -0.15) is 0 Å². The summed E-state index contributed by atoms with van der Waals surface area (Å²) in [5.41, 5.74) is 0. The molecule has 2 saturated carbocycles. The van der Waals surface area contributed by atoms with Gasteiger partial charge in [-0.1, -0.05) is 19.3 Å². The third-order valence-corrected chi connectivity index (χ3v) is 5.29.